The molecule has 0 aliphatic carbocycles. The van der Waals surface area contributed by atoms with E-state index < -0.39 is 48.9 Å². The highest BCUT2D eigenvalue weighted by molar-refractivity contribution is 5.69. The van der Waals surface area contributed by atoms with Crippen molar-refractivity contribution >= 4 is 5.97 Å². The van der Waals surface area contributed by atoms with Crippen molar-refractivity contribution in [3.63, 3.8) is 0 Å². The van der Waals surface area contributed by atoms with Gasteiger partial charge in [-0.05, 0) is 6.42 Å². The van der Waals surface area contributed by atoms with Crippen LogP contribution < -0.4 is 0 Å². The number of carbonyl (C=O) groups is 1. The van der Waals surface area contributed by atoms with E-state index >= 15 is 0 Å². The number of carbonyl (C=O) groups excluding carboxylic acids is 1. The van der Waals surface area contributed by atoms with E-state index in [1.165, 1.54) is 6.92 Å². The van der Waals surface area contributed by atoms with Gasteiger partial charge in [-0.1, -0.05) is 6.92 Å². The van der Waals surface area contributed by atoms with E-state index in [0.717, 1.165) is 0 Å². The van der Waals surface area contributed by atoms with E-state index in [1.807, 2.05) is 0 Å². The summed E-state index contributed by atoms with van der Waals surface area (Å²) in [6, 6.07) is 0. The maximum atomic E-state index is 13.0. The lowest BCUT2D eigenvalue weighted by Crippen LogP contribution is -2.67. The molecule has 13 heteroatoms. The van der Waals surface area contributed by atoms with Gasteiger partial charge in [-0.15, -0.1) is 0 Å². The van der Waals surface area contributed by atoms with Gasteiger partial charge in [0.25, 0.3) is 0 Å². The normalized spacial score (nSPS) is 14.8. The van der Waals surface area contributed by atoms with Crippen LogP contribution in [0, 0.1) is 0 Å². The van der Waals surface area contributed by atoms with Gasteiger partial charge >= 0.3 is 35.8 Å². The molecule has 0 aliphatic rings. The number of esters is 1. The van der Waals surface area contributed by atoms with Gasteiger partial charge < -0.3 is 4.74 Å². The van der Waals surface area contributed by atoms with Crippen molar-refractivity contribution in [3.05, 3.63) is 0 Å². The summed E-state index contributed by atoms with van der Waals surface area (Å²) in [5, 5.41) is 0. The summed E-state index contributed by atoms with van der Waals surface area (Å²) < 4.78 is 141. The Morgan fingerprint density at radius 1 is 0.783 bits per heavy atom. The van der Waals surface area contributed by atoms with Crippen molar-refractivity contribution in [2.75, 3.05) is 6.61 Å². The zero-order valence-electron chi connectivity index (χ0n) is 11.1. The van der Waals surface area contributed by atoms with E-state index in [-0.39, 0.29) is 6.42 Å². The molecule has 0 N–H and O–H groups in total. The summed E-state index contributed by atoms with van der Waals surface area (Å²) in [5.74, 6) is -29.8. The number of hydrogen-bond acceptors (Lipinski definition) is 2. The molecule has 0 aliphatic heterocycles. The van der Waals surface area contributed by atoms with Crippen LogP contribution in [-0.2, 0) is 9.53 Å². The molecule has 0 radical (unpaired) electrons. The van der Waals surface area contributed by atoms with Crippen LogP contribution in [-0.4, -0.2) is 42.4 Å². The number of hydrogen-bond donors (Lipinski definition) is 0. The summed E-state index contributed by atoms with van der Waals surface area (Å²) in [7, 11) is 0. The first-order chi connectivity index (χ1) is 9.95. The van der Waals surface area contributed by atoms with E-state index in [2.05, 4.69) is 4.74 Å². The molecule has 0 unspecified atom stereocenters. The van der Waals surface area contributed by atoms with Crippen LogP contribution in [0.4, 0.5) is 48.3 Å². The van der Waals surface area contributed by atoms with Crippen LogP contribution >= 0.6 is 0 Å². The van der Waals surface area contributed by atoms with Crippen molar-refractivity contribution < 1.29 is 57.8 Å². The number of halogens is 11. The second kappa shape index (κ2) is 6.30. The summed E-state index contributed by atoms with van der Waals surface area (Å²) in [6.07, 6.45) is -7.81. The summed E-state index contributed by atoms with van der Waals surface area (Å²) in [5.41, 5.74) is 0. The van der Waals surface area contributed by atoms with Crippen molar-refractivity contribution in [2.45, 2.75) is 49.6 Å². The average molecular weight is 370 g/mol. The Morgan fingerprint density at radius 3 is 1.57 bits per heavy atom. The van der Waals surface area contributed by atoms with Crippen molar-refractivity contribution in [3.8, 4) is 0 Å². The Bertz CT molecular complexity index is 427. The third-order valence-corrected chi connectivity index (χ3v) is 2.47. The molecule has 0 heterocycles. The number of rotatable bonds is 7. The first kappa shape index (κ1) is 21.7. The quantitative estimate of drug-likeness (QED) is 0.490. The van der Waals surface area contributed by atoms with Crippen LogP contribution in [0.3, 0.4) is 0 Å². The van der Waals surface area contributed by atoms with Crippen LogP contribution in [0.5, 0.6) is 0 Å². The van der Waals surface area contributed by atoms with Gasteiger partial charge in [0, 0.05) is 6.42 Å². The Hall–Kier alpha value is -1.30. The predicted octanol–water partition coefficient (Wildman–Crippen LogP) is 4.43. The summed E-state index contributed by atoms with van der Waals surface area (Å²) in [6.45, 7) is -1.46. The largest absolute Gasteiger partial charge is 0.460 e. The van der Waals surface area contributed by atoms with Gasteiger partial charge in [0.2, 0.25) is 0 Å². The maximum absolute atomic E-state index is 13.0. The fraction of sp³-hybridized carbons (Fsp3) is 0.900. The van der Waals surface area contributed by atoms with Gasteiger partial charge in [0.15, 0.2) is 6.61 Å². The highest BCUT2D eigenvalue weighted by Crippen LogP contribution is 2.57. The fourth-order valence-electron chi connectivity index (χ4n) is 1.14. The molecule has 23 heavy (non-hydrogen) atoms. The molecule has 2 nitrogen and oxygen atoms in total. The van der Waals surface area contributed by atoms with Crippen LogP contribution in [0.1, 0.15) is 19.8 Å². The Morgan fingerprint density at radius 2 is 1.22 bits per heavy atom. The number of alkyl halides is 11. The lowest BCUT2D eigenvalue weighted by molar-refractivity contribution is -0.423. The third-order valence-electron chi connectivity index (χ3n) is 2.47. The monoisotopic (exact) mass is 370 g/mol. The van der Waals surface area contributed by atoms with Gasteiger partial charge in [-0.2, -0.15) is 48.3 Å². The van der Waals surface area contributed by atoms with Gasteiger partial charge in [0.1, 0.15) is 0 Å². The molecule has 0 aromatic rings. The molecule has 0 amide bonds. The highest BCUT2D eigenvalue weighted by Gasteiger charge is 2.87. The first-order valence-corrected chi connectivity index (χ1v) is 5.69. The molecular weight excluding hydrogens is 361 g/mol. The Kier molecular flexibility index (Phi) is 5.95. The third kappa shape index (κ3) is 3.79. The second-order valence-corrected chi connectivity index (χ2v) is 4.34. The summed E-state index contributed by atoms with van der Waals surface area (Å²) >= 11 is 0. The first-order valence-electron chi connectivity index (χ1n) is 5.69. The molecule has 0 fully saturated rings. The minimum atomic E-state index is -7.49. The van der Waals surface area contributed by atoms with E-state index in [1.54, 1.807) is 0 Å². The van der Waals surface area contributed by atoms with E-state index in [4.69, 9.17) is 0 Å². The van der Waals surface area contributed by atoms with E-state index in [9.17, 15) is 53.1 Å². The zero-order valence-corrected chi connectivity index (χ0v) is 11.1. The SMILES string of the molecule is CCCC(=O)OCC(F)(F)C(F)(F)C(F)(F)C(F)(F)C(F)(F)F. The van der Waals surface area contributed by atoms with Crippen LogP contribution in [0.25, 0.3) is 0 Å². The predicted molar refractivity (Wildman–Crippen MR) is 51.7 cm³/mol. The minimum Gasteiger partial charge on any atom is -0.459 e. The molecule has 0 rings (SSSR count). The maximum Gasteiger partial charge on any atom is 0.460 e. The standard InChI is InChI=1S/C10H9F11O2/c1-2-3-5(22)23-4-6(11,12)7(13,14)8(15,16)9(17,18)10(19,20)21/h2-4H2,1H3. The smallest absolute Gasteiger partial charge is 0.459 e. The van der Waals surface area contributed by atoms with Crippen molar-refractivity contribution in [2.24, 2.45) is 0 Å². The van der Waals surface area contributed by atoms with Crippen molar-refractivity contribution in [1.29, 1.82) is 0 Å². The molecule has 138 valence electrons. The molecule has 0 aromatic heterocycles. The van der Waals surface area contributed by atoms with Gasteiger partial charge in [-0.25, -0.2) is 0 Å². The molecule has 0 saturated heterocycles. The zero-order chi connectivity index (χ0) is 18.9. The molecule has 0 spiro atoms. The minimum absolute atomic E-state index is 0.0108. The highest BCUT2D eigenvalue weighted by atomic mass is 19.4. The van der Waals surface area contributed by atoms with E-state index in [0.29, 0.717) is 0 Å². The van der Waals surface area contributed by atoms with Crippen LogP contribution in [0.15, 0.2) is 0 Å². The Balaban J connectivity index is 5.54. The molecule has 0 saturated carbocycles. The molecule has 0 aromatic carbocycles. The Labute approximate surface area is 121 Å². The fourth-order valence-corrected chi connectivity index (χ4v) is 1.14. The number of ether oxygens (including phenoxy) is 1. The van der Waals surface area contributed by atoms with Gasteiger partial charge in [0.05, 0.1) is 0 Å². The van der Waals surface area contributed by atoms with Gasteiger partial charge in [-0.3, -0.25) is 4.79 Å². The summed E-state index contributed by atoms with van der Waals surface area (Å²) in [4.78, 5) is 10.7. The lowest BCUT2D eigenvalue weighted by atomic mass is 9.98. The molecule has 0 bridgehead atoms. The molecule has 0 atom stereocenters. The van der Waals surface area contributed by atoms with Crippen LogP contribution in [0.2, 0.25) is 0 Å². The molecular formula is C10H9F11O2. The van der Waals surface area contributed by atoms with Crippen molar-refractivity contribution in [1.82, 2.24) is 0 Å². The lowest BCUT2D eigenvalue weighted by Gasteiger charge is -2.36. The average Bonchev–Trinajstić information content (AvgIpc) is 2.34. The topological polar surface area (TPSA) is 26.3 Å². The second-order valence-electron chi connectivity index (χ2n) is 4.34.